The van der Waals surface area contributed by atoms with E-state index in [9.17, 15) is 4.79 Å². The van der Waals surface area contributed by atoms with Gasteiger partial charge in [-0.2, -0.15) is 5.10 Å². The molecule has 24 heavy (non-hydrogen) atoms. The minimum Gasteiger partial charge on any atom is -0.333 e. The summed E-state index contributed by atoms with van der Waals surface area (Å²) in [5.41, 5.74) is 0. The number of hydrogen-bond acceptors (Lipinski definition) is 6. The van der Waals surface area contributed by atoms with E-state index in [1.807, 2.05) is 13.8 Å². The highest BCUT2D eigenvalue weighted by Gasteiger charge is 2.21. The molecule has 1 aliphatic carbocycles. The van der Waals surface area contributed by atoms with Gasteiger partial charge in [-0.1, -0.05) is 30.6 Å². The summed E-state index contributed by atoms with van der Waals surface area (Å²) in [5, 5.41) is 19.7. The SMILES string of the molecule is C[C@H](NC(=O)Nc1nnc(C2CCCCC2)s1)[C@H](C)n1cncn1. The number of nitrogens with one attached hydrogen (secondary N) is 2. The molecule has 0 radical (unpaired) electrons. The molecule has 3 rings (SSSR count). The van der Waals surface area contributed by atoms with Gasteiger partial charge in [-0.3, -0.25) is 5.32 Å². The molecule has 1 fully saturated rings. The number of anilines is 1. The maximum Gasteiger partial charge on any atom is 0.321 e. The third kappa shape index (κ3) is 4.08. The molecule has 1 aliphatic rings. The lowest BCUT2D eigenvalue weighted by atomic mass is 9.90. The van der Waals surface area contributed by atoms with Crippen LogP contribution in [-0.2, 0) is 0 Å². The summed E-state index contributed by atoms with van der Waals surface area (Å²) in [7, 11) is 0. The summed E-state index contributed by atoms with van der Waals surface area (Å²) < 4.78 is 1.72. The summed E-state index contributed by atoms with van der Waals surface area (Å²) in [6.45, 7) is 3.91. The minimum atomic E-state index is -0.277. The van der Waals surface area contributed by atoms with Gasteiger partial charge in [-0.15, -0.1) is 10.2 Å². The molecule has 2 heterocycles. The number of rotatable bonds is 5. The molecule has 2 atom stereocenters. The molecule has 2 N–H and O–H groups in total. The number of carbonyl (C=O) groups is 1. The van der Waals surface area contributed by atoms with Crippen molar-refractivity contribution in [1.82, 2.24) is 30.3 Å². The van der Waals surface area contributed by atoms with Gasteiger partial charge < -0.3 is 5.32 Å². The van der Waals surface area contributed by atoms with Gasteiger partial charge in [0.15, 0.2) is 0 Å². The Morgan fingerprint density at radius 3 is 2.79 bits per heavy atom. The van der Waals surface area contributed by atoms with E-state index in [1.54, 1.807) is 11.0 Å². The molecule has 0 spiro atoms. The lowest BCUT2D eigenvalue weighted by Crippen LogP contribution is -2.40. The van der Waals surface area contributed by atoms with E-state index in [-0.39, 0.29) is 18.1 Å². The average molecular weight is 349 g/mol. The predicted molar refractivity (Wildman–Crippen MR) is 92.1 cm³/mol. The summed E-state index contributed by atoms with van der Waals surface area (Å²) >= 11 is 1.48. The Morgan fingerprint density at radius 1 is 1.29 bits per heavy atom. The highest BCUT2D eigenvalue weighted by atomic mass is 32.1. The van der Waals surface area contributed by atoms with Gasteiger partial charge in [0.25, 0.3) is 0 Å². The van der Waals surface area contributed by atoms with E-state index in [2.05, 4.69) is 30.9 Å². The molecular formula is C15H23N7OS. The van der Waals surface area contributed by atoms with Gasteiger partial charge in [0.1, 0.15) is 17.7 Å². The third-order valence-electron chi connectivity index (χ3n) is 4.55. The summed E-state index contributed by atoms with van der Waals surface area (Å²) in [4.78, 5) is 16.1. The fraction of sp³-hybridized carbons (Fsp3) is 0.667. The minimum absolute atomic E-state index is 0.00506. The molecule has 2 aromatic rings. The first-order chi connectivity index (χ1) is 11.6. The zero-order valence-corrected chi connectivity index (χ0v) is 14.8. The van der Waals surface area contributed by atoms with Crippen molar-refractivity contribution in [2.45, 2.75) is 64.0 Å². The number of amides is 2. The van der Waals surface area contributed by atoms with Crippen LogP contribution in [0.4, 0.5) is 9.93 Å². The first kappa shape index (κ1) is 16.8. The molecule has 8 nitrogen and oxygen atoms in total. The van der Waals surface area contributed by atoms with Crippen LogP contribution in [-0.4, -0.2) is 37.0 Å². The average Bonchev–Trinajstić information content (AvgIpc) is 3.26. The van der Waals surface area contributed by atoms with Crippen molar-refractivity contribution >= 4 is 22.5 Å². The van der Waals surface area contributed by atoms with Gasteiger partial charge in [-0.25, -0.2) is 14.5 Å². The zero-order chi connectivity index (χ0) is 16.9. The summed E-state index contributed by atoms with van der Waals surface area (Å²) in [5.74, 6) is 0.501. The normalized spacial score (nSPS) is 18.1. The molecule has 2 aromatic heterocycles. The molecule has 1 saturated carbocycles. The second-order valence-corrected chi connectivity index (χ2v) is 7.29. The topological polar surface area (TPSA) is 97.6 Å². The van der Waals surface area contributed by atoms with Gasteiger partial charge in [0.2, 0.25) is 5.13 Å². The Hall–Kier alpha value is -2.03. The first-order valence-corrected chi connectivity index (χ1v) is 9.20. The first-order valence-electron chi connectivity index (χ1n) is 8.38. The van der Waals surface area contributed by atoms with E-state index >= 15 is 0 Å². The lowest BCUT2D eigenvalue weighted by molar-refractivity contribution is 0.244. The summed E-state index contributed by atoms with van der Waals surface area (Å²) in [6.07, 6.45) is 9.29. The Labute approximate surface area is 145 Å². The maximum absolute atomic E-state index is 12.2. The molecule has 0 saturated heterocycles. The van der Waals surface area contributed by atoms with Gasteiger partial charge in [0, 0.05) is 12.0 Å². The number of carbonyl (C=O) groups excluding carboxylic acids is 1. The van der Waals surface area contributed by atoms with Crippen LogP contribution < -0.4 is 10.6 Å². The van der Waals surface area contributed by atoms with E-state index in [0.717, 1.165) is 5.01 Å². The van der Waals surface area contributed by atoms with Gasteiger partial charge in [0.05, 0.1) is 6.04 Å². The second kappa shape index (κ2) is 7.69. The Kier molecular flexibility index (Phi) is 5.39. The molecule has 2 amide bonds. The van der Waals surface area contributed by atoms with Crippen LogP contribution in [0.2, 0.25) is 0 Å². The molecule has 0 aliphatic heterocycles. The maximum atomic E-state index is 12.2. The van der Waals surface area contributed by atoms with Crippen LogP contribution in [0.25, 0.3) is 0 Å². The largest absolute Gasteiger partial charge is 0.333 e. The van der Waals surface area contributed by atoms with E-state index in [0.29, 0.717) is 11.0 Å². The van der Waals surface area contributed by atoms with Crippen molar-refractivity contribution in [3.05, 3.63) is 17.7 Å². The Bertz CT molecular complexity index is 651. The van der Waals surface area contributed by atoms with Gasteiger partial charge >= 0.3 is 6.03 Å². The van der Waals surface area contributed by atoms with Crippen LogP contribution in [0, 0.1) is 0 Å². The molecule has 0 unspecified atom stereocenters. The van der Waals surface area contributed by atoms with E-state index in [1.165, 1.54) is 49.8 Å². The third-order valence-corrected chi connectivity index (χ3v) is 5.55. The number of nitrogens with zero attached hydrogens (tertiary/aromatic N) is 5. The predicted octanol–water partition coefficient (Wildman–Crippen LogP) is 2.95. The quantitative estimate of drug-likeness (QED) is 0.865. The molecular weight excluding hydrogens is 326 g/mol. The van der Waals surface area contributed by atoms with Crippen molar-refractivity contribution in [2.75, 3.05) is 5.32 Å². The lowest BCUT2D eigenvalue weighted by Gasteiger charge is -2.21. The van der Waals surface area contributed by atoms with Crippen LogP contribution >= 0.6 is 11.3 Å². The van der Waals surface area contributed by atoms with Crippen molar-refractivity contribution in [3.63, 3.8) is 0 Å². The Morgan fingerprint density at radius 2 is 2.08 bits per heavy atom. The fourth-order valence-electron chi connectivity index (χ4n) is 2.92. The van der Waals surface area contributed by atoms with Gasteiger partial charge in [-0.05, 0) is 26.7 Å². The fourth-order valence-corrected chi connectivity index (χ4v) is 3.82. The molecule has 9 heteroatoms. The Balaban J connectivity index is 1.52. The number of hydrogen-bond donors (Lipinski definition) is 2. The second-order valence-electron chi connectivity index (χ2n) is 6.28. The van der Waals surface area contributed by atoms with Crippen molar-refractivity contribution < 1.29 is 4.79 Å². The van der Waals surface area contributed by atoms with E-state index < -0.39 is 0 Å². The highest BCUT2D eigenvalue weighted by Crippen LogP contribution is 2.35. The van der Waals surface area contributed by atoms with Crippen LogP contribution in [0.5, 0.6) is 0 Å². The van der Waals surface area contributed by atoms with Crippen LogP contribution in [0.15, 0.2) is 12.7 Å². The highest BCUT2D eigenvalue weighted by molar-refractivity contribution is 7.15. The zero-order valence-electron chi connectivity index (χ0n) is 14.0. The number of urea groups is 1. The molecule has 130 valence electrons. The van der Waals surface area contributed by atoms with Crippen molar-refractivity contribution in [1.29, 1.82) is 0 Å². The standard InChI is InChI=1S/C15H23N7OS/c1-10(11(2)22-9-16-8-17-22)18-14(23)19-15-21-20-13(24-15)12-6-4-3-5-7-12/h8-12H,3-7H2,1-2H3,(H2,18,19,21,23)/t10-,11-/m0/s1. The monoisotopic (exact) mass is 349 g/mol. The van der Waals surface area contributed by atoms with Crippen LogP contribution in [0.1, 0.15) is 62.9 Å². The summed E-state index contributed by atoms with van der Waals surface area (Å²) in [6, 6.07) is -0.372. The van der Waals surface area contributed by atoms with E-state index in [4.69, 9.17) is 0 Å². The molecule has 0 bridgehead atoms. The van der Waals surface area contributed by atoms with Crippen molar-refractivity contribution in [3.8, 4) is 0 Å². The van der Waals surface area contributed by atoms with Crippen LogP contribution in [0.3, 0.4) is 0 Å². The molecule has 0 aromatic carbocycles. The number of aromatic nitrogens is 5. The van der Waals surface area contributed by atoms with Crippen molar-refractivity contribution in [2.24, 2.45) is 0 Å². The smallest absolute Gasteiger partial charge is 0.321 e.